The third-order valence-electron chi connectivity index (χ3n) is 2.96. The summed E-state index contributed by atoms with van der Waals surface area (Å²) in [6.07, 6.45) is 3.16. The fourth-order valence-electron chi connectivity index (χ4n) is 1.79. The lowest BCUT2D eigenvalue weighted by Crippen LogP contribution is -2.40. The quantitative estimate of drug-likeness (QED) is 0.767. The lowest BCUT2D eigenvalue weighted by atomic mass is 10.1. The lowest BCUT2D eigenvalue weighted by molar-refractivity contribution is 0.0935. The van der Waals surface area contributed by atoms with Crippen LogP contribution in [0.2, 0.25) is 0 Å². The van der Waals surface area contributed by atoms with Crippen LogP contribution in [0.25, 0.3) is 0 Å². The molecule has 1 aromatic rings. The maximum atomic E-state index is 12.2. The topological polar surface area (TPSA) is 55.1 Å². The molecule has 4 heteroatoms. The molecule has 1 rings (SSSR count). The van der Waals surface area contributed by atoms with Crippen LogP contribution >= 0.6 is 22.6 Å². The smallest absolute Gasteiger partial charge is 0.252 e. The molecule has 0 bridgehead atoms. The number of rotatable bonds is 6. The van der Waals surface area contributed by atoms with Crippen molar-refractivity contribution in [3.8, 4) is 0 Å². The lowest BCUT2D eigenvalue weighted by Gasteiger charge is -2.17. The molecule has 100 valence electrons. The van der Waals surface area contributed by atoms with Crippen molar-refractivity contribution < 1.29 is 4.79 Å². The number of hydrogen-bond donors (Lipinski definition) is 2. The Bertz CT molecular complexity index is 407. The minimum atomic E-state index is -0.0188. The molecule has 0 heterocycles. The summed E-state index contributed by atoms with van der Waals surface area (Å²) in [5, 5.41) is 3.02. The molecule has 1 atom stereocenters. The number of nitrogens with one attached hydrogen (secondary N) is 1. The fourth-order valence-corrected chi connectivity index (χ4v) is 2.39. The zero-order valence-electron chi connectivity index (χ0n) is 11.0. The molecule has 0 spiro atoms. The second kappa shape index (κ2) is 7.74. The molecule has 0 saturated carbocycles. The van der Waals surface area contributed by atoms with Gasteiger partial charge in [0.1, 0.15) is 0 Å². The first-order chi connectivity index (χ1) is 8.60. The number of benzene rings is 1. The summed E-state index contributed by atoms with van der Waals surface area (Å²) >= 11 is 2.22. The van der Waals surface area contributed by atoms with E-state index in [0.717, 1.165) is 34.0 Å². The summed E-state index contributed by atoms with van der Waals surface area (Å²) in [7, 11) is 0. The Balaban J connectivity index is 2.72. The van der Waals surface area contributed by atoms with Gasteiger partial charge in [0.25, 0.3) is 5.91 Å². The Labute approximate surface area is 123 Å². The molecule has 0 aromatic heterocycles. The maximum Gasteiger partial charge on any atom is 0.252 e. The summed E-state index contributed by atoms with van der Waals surface area (Å²) in [5.74, 6) is -0.0188. The molecule has 0 radical (unpaired) electrons. The highest BCUT2D eigenvalue weighted by Crippen LogP contribution is 2.16. The Morgan fingerprint density at radius 3 is 2.83 bits per heavy atom. The van der Waals surface area contributed by atoms with Crippen molar-refractivity contribution in [1.82, 2.24) is 5.32 Å². The van der Waals surface area contributed by atoms with Gasteiger partial charge in [-0.2, -0.15) is 0 Å². The minimum Gasteiger partial charge on any atom is -0.348 e. The number of carbonyl (C=O) groups is 1. The van der Waals surface area contributed by atoms with E-state index in [-0.39, 0.29) is 11.9 Å². The van der Waals surface area contributed by atoms with Crippen molar-refractivity contribution in [3.05, 3.63) is 32.9 Å². The average Bonchev–Trinajstić information content (AvgIpc) is 2.37. The molecule has 18 heavy (non-hydrogen) atoms. The van der Waals surface area contributed by atoms with Gasteiger partial charge in [-0.3, -0.25) is 4.79 Å². The number of carbonyl (C=O) groups excluding carboxylic acids is 1. The first-order valence-corrected chi connectivity index (χ1v) is 7.44. The molecule has 0 aliphatic rings. The highest BCUT2D eigenvalue weighted by Gasteiger charge is 2.15. The second-order valence-electron chi connectivity index (χ2n) is 4.48. The summed E-state index contributed by atoms with van der Waals surface area (Å²) in [4.78, 5) is 12.2. The van der Waals surface area contributed by atoms with Crippen molar-refractivity contribution in [2.45, 2.75) is 39.2 Å². The van der Waals surface area contributed by atoms with Crippen LogP contribution in [0.5, 0.6) is 0 Å². The predicted octanol–water partition coefficient (Wildman–Crippen LogP) is 2.85. The van der Waals surface area contributed by atoms with Gasteiger partial charge < -0.3 is 11.1 Å². The van der Waals surface area contributed by atoms with E-state index in [2.05, 4.69) is 34.8 Å². The van der Waals surface area contributed by atoms with E-state index in [0.29, 0.717) is 6.54 Å². The summed E-state index contributed by atoms with van der Waals surface area (Å²) in [5.41, 5.74) is 7.56. The summed E-state index contributed by atoms with van der Waals surface area (Å²) in [6, 6.07) is 5.86. The van der Waals surface area contributed by atoms with Gasteiger partial charge in [-0.1, -0.05) is 31.9 Å². The third-order valence-corrected chi connectivity index (χ3v) is 4.39. The van der Waals surface area contributed by atoms with E-state index in [1.54, 1.807) is 0 Å². The molecule has 3 N–H and O–H groups in total. The fraction of sp³-hybridized carbons (Fsp3) is 0.500. The van der Waals surface area contributed by atoms with Gasteiger partial charge in [0.05, 0.1) is 5.56 Å². The number of aryl methyl sites for hydroxylation is 1. The van der Waals surface area contributed by atoms with Gasteiger partial charge in [-0.05, 0) is 47.6 Å². The summed E-state index contributed by atoms with van der Waals surface area (Å²) < 4.78 is 1.01. The Hall–Kier alpha value is -0.620. The first kappa shape index (κ1) is 15.4. The van der Waals surface area contributed by atoms with Crippen LogP contribution in [-0.2, 0) is 0 Å². The van der Waals surface area contributed by atoms with Gasteiger partial charge >= 0.3 is 0 Å². The van der Waals surface area contributed by atoms with E-state index in [4.69, 9.17) is 5.73 Å². The molecular weight excluding hydrogens is 339 g/mol. The second-order valence-corrected chi connectivity index (χ2v) is 5.56. The van der Waals surface area contributed by atoms with Crippen molar-refractivity contribution in [1.29, 1.82) is 0 Å². The first-order valence-electron chi connectivity index (χ1n) is 6.36. The van der Waals surface area contributed by atoms with E-state index in [9.17, 15) is 4.79 Å². The SMILES string of the molecule is CCCCC(CN)NC(=O)c1cccc(C)c1I. The van der Waals surface area contributed by atoms with E-state index in [1.165, 1.54) is 0 Å². The van der Waals surface area contributed by atoms with Crippen LogP contribution in [0.4, 0.5) is 0 Å². The van der Waals surface area contributed by atoms with Gasteiger partial charge in [-0.25, -0.2) is 0 Å². The van der Waals surface area contributed by atoms with Crippen molar-refractivity contribution in [3.63, 3.8) is 0 Å². The van der Waals surface area contributed by atoms with Crippen LogP contribution < -0.4 is 11.1 Å². The standard InChI is InChI=1S/C14H21IN2O/c1-3-4-7-11(9-16)17-14(18)12-8-5-6-10(2)13(12)15/h5-6,8,11H,3-4,7,9,16H2,1-2H3,(H,17,18). The van der Waals surface area contributed by atoms with E-state index >= 15 is 0 Å². The predicted molar refractivity (Wildman–Crippen MR) is 83.7 cm³/mol. The molecule has 0 aliphatic heterocycles. The third kappa shape index (κ3) is 4.24. The monoisotopic (exact) mass is 360 g/mol. The summed E-state index contributed by atoms with van der Waals surface area (Å²) in [6.45, 7) is 4.64. The van der Waals surface area contributed by atoms with Crippen molar-refractivity contribution >= 4 is 28.5 Å². The van der Waals surface area contributed by atoms with Gasteiger partial charge in [0.2, 0.25) is 0 Å². The maximum absolute atomic E-state index is 12.2. The van der Waals surface area contributed by atoms with Crippen LogP contribution in [0.3, 0.4) is 0 Å². The highest BCUT2D eigenvalue weighted by molar-refractivity contribution is 14.1. The zero-order chi connectivity index (χ0) is 13.5. The van der Waals surface area contributed by atoms with E-state index in [1.807, 2.05) is 25.1 Å². The Morgan fingerprint density at radius 2 is 2.22 bits per heavy atom. The molecule has 0 saturated heterocycles. The number of hydrogen-bond acceptors (Lipinski definition) is 2. The van der Waals surface area contributed by atoms with Crippen LogP contribution in [0.15, 0.2) is 18.2 Å². The number of unbranched alkanes of at least 4 members (excludes halogenated alkanes) is 1. The molecule has 3 nitrogen and oxygen atoms in total. The number of halogens is 1. The largest absolute Gasteiger partial charge is 0.348 e. The molecule has 1 unspecified atom stereocenters. The zero-order valence-corrected chi connectivity index (χ0v) is 13.2. The van der Waals surface area contributed by atoms with Gasteiger partial charge in [-0.15, -0.1) is 0 Å². The van der Waals surface area contributed by atoms with Gasteiger partial charge in [0.15, 0.2) is 0 Å². The molecule has 1 amide bonds. The molecule has 0 fully saturated rings. The van der Waals surface area contributed by atoms with Crippen LogP contribution in [0, 0.1) is 10.5 Å². The van der Waals surface area contributed by atoms with Crippen molar-refractivity contribution in [2.24, 2.45) is 5.73 Å². The minimum absolute atomic E-state index is 0.0188. The number of nitrogens with two attached hydrogens (primary N) is 1. The van der Waals surface area contributed by atoms with Gasteiger partial charge in [0, 0.05) is 16.2 Å². The van der Waals surface area contributed by atoms with E-state index < -0.39 is 0 Å². The molecular formula is C14H21IN2O. The normalized spacial score (nSPS) is 12.2. The molecule has 0 aliphatic carbocycles. The average molecular weight is 360 g/mol. The Morgan fingerprint density at radius 1 is 1.50 bits per heavy atom. The number of amides is 1. The highest BCUT2D eigenvalue weighted by atomic mass is 127. The van der Waals surface area contributed by atoms with Crippen LogP contribution in [0.1, 0.15) is 42.1 Å². The Kier molecular flexibility index (Phi) is 6.63. The molecule has 1 aromatic carbocycles. The van der Waals surface area contributed by atoms with Crippen LogP contribution in [-0.4, -0.2) is 18.5 Å². The van der Waals surface area contributed by atoms with Crippen molar-refractivity contribution in [2.75, 3.05) is 6.54 Å².